The molecule has 0 bridgehead atoms. The van der Waals surface area contributed by atoms with E-state index in [2.05, 4.69) is 11.7 Å². The minimum Gasteiger partial charge on any atom is -0.490 e. The molecule has 0 saturated carbocycles. The molecule has 0 spiro atoms. The number of allylic oxidation sites excluding steroid dienone is 1. The number of rotatable bonds is 9. The van der Waals surface area contributed by atoms with Gasteiger partial charge in [-0.1, -0.05) is 36.4 Å². The summed E-state index contributed by atoms with van der Waals surface area (Å²) in [6, 6.07) is 12.8. The lowest BCUT2D eigenvalue weighted by molar-refractivity contribution is -0.114. The second-order valence-electron chi connectivity index (χ2n) is 8.49. The van der Waals surface area contributed by atoms with Crippen LogP contribution in [-0.2, 0) is 17.8 Å². The number of carbonyl (C=O) groups is 1. The summed E-state index contributed by atoms with van der Waals surface area (Å²) in [7, 11) is 0. The predicted molar refractivity (Wildman–Crippen MR) is 137 cm³/mol. The molecule has 0 N–H and O–H groups in total. The molecule has 0 aliphatic carbocycles. The predicted octanol–water partition coefficient (Wildman–Crippen LogP) is 6.89. The number of benzene rings is 3. The van der Waals surface area contributed by atoms with Crippen LogP contribution in [0, 0.1) is 29.1 Å². The van der Waals surface area contributed by atoms with Gasteiger partial charge in [-0.25, -0.2) is 22.0 Å². The summed E-state index contributed by atoms with van der Waals surface area (Å²) in [6.45, 7) is 7.52. The van der Waals surface area contributed by atoms with Crippen molar-refractivity contribution in [3.63, 3.8) is 0 Å². The molecule has 3 aromatic carbocycles. The Balaban J connectivity index is 1.73. The Morgan fingerprint density at radius 3 is 2.21 bits per heavy atom. The van der Waals surface area contributed by atoms with Gasteiger partial charge in [0, 0.05) is 5.56 Å². The lowest BCUT2D eigenvalue weighted by Gasteiger charge is -2.17. The van der Waals surface area contributed by atoms with Gasteiger partial charge in [0.1, 0.15) is 12.3 Å². The molecule has 1 aliphatic heterocycles. The second-order valence-corrected chi connectivity index (χ2v) is 8.49. The maximum atomic E-state index is 14.4. The molecule has 39 heavy (non-hydrogen) atoms. The first-order chi connectivity index (χ1) is 18.7. The summed E-state index contributed by atoms with van der Waals surface area (Å²) in [4.78, 5) is 13.1. The average Bonchev–Trinajstić information content (AvgIpc) is 3.19. The van der Waals surface area contributed by atoms with Gasteiger partial charge in [-0.2, -0.15) is 10.1 Å². The molecule has 0 saturated heterocycles. The van der Waals surface area contributed by atoms with Gasteiger partial charge in [0.05, 0.1) is 17.9 Å². The molecule has 0 aromatic heterocycles. The molecule has 0 fully saturated rings. The number of ether oxygens (including phenoxy) is 2. The zero-order valence-corrected chi connectivity index (χ0v) is 21.0. The van der Waals surface area contributed by atoms with Crippen molar-refractivity contribution in [1.29, 1.82) is 0 Å². The topological polar surface area (TPSA) is 51.1 Å². The third kappa shape index (κ3) is 5.41. The third-order valence-corrected chi connectivity index (χ3v) is 5.82. The molecule has 0 radical (unpaired) electrons. The van der Waals surface area contributed by atoms with Crippen LogP contribution in [0.15, 0.2) is 65.8 Å². The fraction of sp³-hybridized carbons (Fsp3) is 0.172. The first-order valence-corrected chi connectivity index (χ1v) is 11.9. The quantitative estimate of drug-likeness (QED) is 0.0973. The largest absolute Gasteiger partial charge is 0.490 e. The maximum absolute atomic E-state index is 14.4. The van der Waals surface area contributed by atoms with Gasteiger partial charge in [0.15, 0.2) is 34.8 Å². The summed E-state index contributed by atoms with van der Waals surface area (Å²) in [5, 5.41) is 3.94. The number of carbonyl (C=O) groups excluding carboxylic acids is 1. The van der Waals surface area contributed by atoms with Gasteiger partial charge in [0.25, 0.3) is 5.91 Å². The lowest BCUT2D eigenvalue weighted by Crippen LogP contribution is -2.25. The highest BCUT2D eigenvalue weighted by Crippen LogP contribution is 2.37. The Hall–Kier alpha value is -4.47. The molecule has 10 heteroatoms. The number of anilines is 1. The van der Waals surface area contributed by atoms with Crippen molar-refractivity contribution in [2.24, 2.45) is 5.10 Å². The van der Waals surface area contributed by atoms with Gasteiger partial charge >= 0.3 is 0 Å². The van der Waals surface area contributed by atoms with Crippen LogP contribution in [0.3, 0.4) is 0 Å². The molecule has 1 amide bonds. The number of halogens is 5. The third-order valence-electron chi connectivity index (χ3n) is 5.82. The van der Waals surface area contributed by atoms with Gasteiger partial charge in [-0.05, 0) is 49.6 Å². The smallest absolute Gasteiger partial charge is 0.280 e. The Bertz CT molecular complexity index is 1470. The highest BCUT2D eigenvalue weighted by atomic mass is 19.2. The van der Waals surface area contributed by atoms with Crippen molar-refractivity contribution in [3.05, 3.63) is 106 Å². The summed E-state index contributed by atoms with van der Waals surface area (Å²) < 4.78 is 81.7. The van der Waals surface area contributed by atoms with Crippen molar-refractivity contribution >= 4 is 23.4 Å². The molecule has 3 aromatic rings. The fourth-order valence-electron chi connectivity index (χ4n) is 4.01. The van der Waals surface area contributed by atoms with E-state index in [0.717, 1.165) is 5.56 Å². The van der Waals surface area contributed by atoms with Gasteiger partial charge in [-0.15, -0.1) is 6.58 Å². The molecular weight excluding hydrogens is 519 g/mol. The monoisotopic (exact) mass is 542 g/mol. The molecule has 1 heterocycles. The summed E-state index contributed by atoms with van der Waals surface area (Å²) in [5.41, 5.74) is 0.536. The zero-order valence-electron chi connectivity index (χ0n) is 21.0. The van der Waals surface area contributed by atoms with Crippen LogP contribution in [0.25, 0.3) is 6.08 Å². The van der Waals surface area contributed by atoms with Crippen LogP contribution >= 0.6 is 0 Å². The van der Waals surface area contributed by atoms with Crippen molar-refractivity contribution in [2.45, 2.75) is 26.9 Å². The summed E-state index contributed by atoms with van der Waals surface area (Å²) >= 11 is 0. The molecular formula is C29H23F5N2O3. The number of nitrogens with zero attached hydrogens (tertiary/aromatic N) is 2. The van der Waals surface area contributed by atoms with Crippen molar-refractivity contribution in [2.75, 3.05) is 11.6 Å². The van der Waals surface area contributed by atoms with Crippen molar-refractivity contribution in [3.8, 4) is 11.5 Å². The molecule has 0 unspecified atom stereocenters. The van der Waals surface area contributed by atoms with E-state index in [1.165, 1.54) is 13.0 Å². The minimum atomic E-state index is -2.33. The van der Waals surface area contributed by atoms with E-state index in [1.807, 2.05) is 30.3 Å². The normalized spacial score (nSPS) is 14.1. The highest BCUT2D eigenvalue weighted by molar-refractivity contribution is 6.32. The van der Waals surface area contributed by atoms with Gasteiger partial charge in [-0.3, -0.25) is 4.79 Å². The van der Waals surface area contributed by atoms with Crippen molar-refractivity contribution in [1.82, 2.24) is 0 Å². The molecule has 1 aliphatic rings. The van der Waals surface area contributed by atoms with E-state index in [4.69, 9.17) is 9.47 Å². The van der Waals surface area contributed by atoms with Crippen molar-refractivity contribution < 1.29 is 36.2 Å². The molecule has 5 nitrogen and oxygen atoms in total. The van der Waals surface area contributed by atoms with Crippen LogP contribution in [-0.4, -0.2) is 18.2 Å². The summed E-state index contributed by atoms with van der Waals surface area (Å²) in [6.07, 6.45) is 3.44. The molecule has 4 rings (SSSR count). The van der Waals surface area contributed by atoms with Gasteiger partial charge < -0.3 is 9.47 Å². The zero-order chi connectivity index (χ0) is 28.3. The fourth-order valence-corrected chi connectivity index (χ4v) is 4.01. The van der Waals surface area contributed by atoms with Crippen LogP contribution in [0.2, 0.25) is 0 Å². The average molecular weight is 543 g/mol. The van der Waals surface area contributed by atoms with E-state index < -0.39 is 40.7 Å². The number of hydrogen-bond acceptors (Lipinski definition) is 4. The van der Waals surface area contributed by atoms with E-state index in [1.54, 1.807) is 25.1 Å². The van der Waals surface area contributed by atoms with E-state index in [9.17, 15) is 26.7 Å². The Kier molecular flexibility index (Phi) is 8.13. The standard InChI is InChI=1S/C29H23F5N2O3/c1-4-9-19-12-18(14-21(38-5-2)28(19)39-15-17-10-7-6-8-11-17)13-20-16(3)35-36(29(20)37)27-25(33)23(31)22(30)24(32)26(27)34/h4,6-8,10-14H,1,5,9,15H2,2-3H3/b20-13+. The maximum Gasteiger partial charge on any atom is 0.280 e. The van der Waals surface area contributed by atoms with Crippen LogP contribution in [0.4, 0.5) is 27.6 Å². The molecule has 202 valence electrons. The SMILES string of the molecule is C=CCc1cc(/C=C2/C(=O)N(c3c(F)c(F)c(F)c(F)c3F)N=C2C)cc(OCC)c1OCc1ccccc1. The van der Waals surface area contributed by atoms with Crippen LogP contribution in [0.5, 0.6) is 11.5 Å². The summed E-state index contributed by atoms with van der Waals surface area (Å²) in [5.74, 6) is -11.2. The van der Waals surface area contributed by atoms with E-state index in [-0.39, 0.29) is 22.9 Å². The number of hydrogen-bond donors (Lipinski definition) is 0. The number of amides is 1. The Morgan fingerprint density at radius 1 is 0.949 bits per heavy atom. The van der Waals surface area contributed by atoms with Gasteiger partial charge in [0.2, 0.25) is 5.82 Å². The number of hydrazone groups is 1. The highest BCUT2D eigenvalue weighted by Gasteiger charge is 2.37. The van der Waals surface area contributed by atoms with E-state index >= 15 is 0 Å². The first-order valence-electron chi connectivity index (χ1n) is 11.9. The van der Waals surface area contributed by atoms with Crippen LogP contribution in [0.1, 0.15) is 30.5 Å². The Labute approximate surface area is 221 Å². The Morgan fingerprint density at radius 2 is 1.59 bits per heavy atom. The second kappa shape index (κ2) is 11.5. The molecule has 0 atom stereocenters. The first kappa shape index (κ1) is 27.6. The van der Waals surface area contributed by atoms with E-state index in [0.29, 0.717) is 35.7 Å². The lowest BCUT2D eigenvalue weighted by atomic mass is 10.0. The minimum absolute atomic E-state index is 0.0107. The van der Waals surface area contributed by atoms with Crippen LogP contribution < -0.4 is 14.5 Å².